The zero-order chi connectivity index (χ0) is 12.8. The first-order valence-corrected chi connectivity index (χ1v) is 6.77. The standard InChI is InChI=1S/C13H15N3.C2H6/c1-2-5-10(6-3-1)12-9-15-13(16-12)11-7-4-8-14-11;1-2/h1-3,5-6,9,11,14H,4,7-8H2,(H,15,16);1-2H3. The van der Waals surface area contributed by atoms with E-state index in [1.54, 1.807) is 0 Å². The van der Waals surface area contributed by atoms with Crippen molar-refractivity contribution in [2.24, 2.45) is 0 Å². The second kappa shape index (κ2) is 6.36. The average molecular weight is 243 g/mol. The molecule has 0 spiro atoms. The second-order valence-corrected chi connectivity index (χ2v) is 4.20. The molecule has 2 N–H and O–H groups in total. The lowest BCUT2D eigenvalue weighted by Crippen LogP contribution is -2.14. The maximum Gasteiger partial charge on any atom is 0.123 e. The van der Waals surface area contributed by atoms with E-state index in [1.165, 1.54) is 18.4 Å². The Morgan fingerprint density at radius 3 is 2.61 bits per heavy atom. The topological polar surface area (TPSA) is 40.7 Å². The summed E-state index contributed by atoms with van der Waals surface area (Å²) in [6.45, 7) is 5.10. The molecule has 0 saturated carbocycles. The number of aromatic amines is 1. The Morgan fingerprint density at radius 2 is 1.94 bits per heavy atom. The fourth-order valence-electron chi connectivity index (χ4n) is 2.20. The van der Waals surface area contributed by atoms with Crippen molar-refractivity contribution in [2.75, 3.05) is 6.54 Å². The van der Waals surface area contributed by atoms with Crippen molar-refractivity contribution in [3.05, 3.63) is 42.4 Å². The Balaban J connectivity index is 0.000000574. The Hall–Kier alpha value is -1.61. The number of benzene rings is 1. The third-order valence-corrected chi connectivity index (χ3v) is 3.07. The zero-order valence-electron chi connectivity index (χ0n) is 11.1. The van der Waals surface area contributed by atoms with Crippen LogP contribution < -0.4 is 5.32 Å². The minimum Gasteiger partial charge on any atom is -0.341 e. The van der Waals surface area contributed by atoms with Gasteiger partial charge in [0, 0.05) is 0 Å². The third kappa shape index (κ3) is 2.79. The molecule has 18 heavy (non-hydrogen) atoms. The Kier molecular flexibility index (Phi) is 4.53. The van der Waals surface area contributed by atoms with Crippen molar-refractivity contribution in [1.29, 1.82) is 0 Å². The molecular formula is C15H21N3. The number of aromatic nitrogens is 2. The molecule has 0 aliphatic carbocycles. The van der Waals surface area contributed by atoms with Crippen LogP contribution in [0, 0.1) is 0 Å². The van der Waals surface area contributed by atoms with Crippen LogP contribution in [-0.4, -0.2) is 16.5 Å². The van der Waals surface area contributed by atoms with E-state index < -0.39 is 0 Å². The van der Waals surface area contributed by atoms with Crippen LogP contribution in [-0.2, 0) is 0 Å². The quantitative estimate of drug-likeness (QED) is 0.847. The minimum absolute atomic E-state index is 0.414. The van der Waals surface area contributed by atoms with E-state index in [0.29, 0.717) is 6.04 Å². The molecule has 1 fully saturated rings. The highest BCUT2D eigenvalue weighted by molar-refractivity contribution is 5.58. The number of nitrogens with zero attached hydrogens (tertiary/aromatic N) is 1. The summed E-state index contributed by atoms with van der Waals surface area (Å²) < 4.78 is 0. The lowest BCUT2D eigenvalue weighted by Gasteiger charge is -2.05. The van der Waals surface area contributed by atoms with E-state index >= 15 is 0 Å². The van der Waals surface area contributed by atoms with E-state index in [9.17, 15) is 0 Å². The molecular weight excluding hydrogens is 222 g/mol. The third-order valence-electron chi connectivity index (χ3n) is 3.07. The molecule has 3 nitrogen and oxygen atoms in total. The van der Waals surface area contributed by atoms with Gasteiger partial charge in [-0.3, -0.25) is 0 Å². The second-order valence-electron chi connectivity index (χ2n) is 4.20. The van der Waals surface area contributed by atoms with Crippen LogP contribution in [0.25, 0.3) is 11.3 Å². The molecule has 3 rings (SSSR count). The molecule has 3 heteroatoms. The zero-order valence-corrected chi connectivity index (χ0v) is 11.1. The number of rotatable bonds is 2. The number of hydrogen-bond donors (Lipinski definition) is 2. The van der Waals surface area contributed by atoms with Crippen molar-refractivity contribution in [2.45, 2.75) is 32.7 Å². The van der Waals surface area contributed by atoms with Crippen molar-refractivity contribution >= 4 is 0 Å². The van der Waals surface area contributed by atoms with Gasteiger partial charge in [0.25, 0.3) is 0 Å². The highest BCUT2D eigenvalue weighted by atomic mass is 15.0. The van der Waals surface area contributed by atoms with Gasteiger partial charge in [0.05, 0.1) is 17.9 Å². The number of nitrogens with one attached hydrogen (secondary N) is 2. The van der Waals surface area contributed by atoms with Crippen LogP contribution in [0.3, 0.4) is 0 Å². The monoisotopic (exact) mass is 243 g/mol. The fraction of sp³-hybridized carbons (Fsp3) is 0.400. The molecule has 2 heterocycles. The van der Waals surface area contributed by atoms with Crippen molar-refractivity contribution in [3.8, 4) is 11.3 Å². The number of imidazole rings is 1. The summed E-state index contributed by atoms with van der Waals surface area (Å²) in [5, 5.41) is 3.44. The summed E-state index contributed by atoms with van der Waals surface area (Å²) in [6.07, 6.45) is 4.35. The first kappa shape index (κ1) is 12.8. The maximum absolute atomic E-state index is 4.46. The number of H-pyrrole nitrogens is 1. The lowest BCUT2D eigenvalue weighted by atomic mass is 10.2. The summed E-state index contributed by atoms with van der Waals surface area (Å²) in [5.74, 6) is 1.07. The normalized spacial score (nSPS) is 18.2. The molecule has 0 bridgehead atoms. The van der Waals surface area contributed by atoms with Crippen LogP contribution in [0.4, 0.5) is 0 Å². The Labute approximate surface area is 109 Å². The minimum atomic E-state index is 0.414. The van der Waals surface area contributed by atoms with Gasteiger partial charge < -0.3 is 10.3 Å². The fourth-order valence-corrected chi connectivity index (χ4v) is 2.20. The summed E-state index contributed by atoms with van der Waals surface area (Å²) in [6, 6.07) is 10.7. The Bertz CT molecular complexity index is 456. The van der Waals surface area contributed by atoms with Gasteiger partial charge in [-0.1, -0.05) is 44.2 Å². The van der Waals surface area contributed by atoms with Gasteiger partial charge >= 0.3 is 0 Å². The van der Waals surface area contributed by atoms with Crippen LogP contribution in [0.2, 0.25) is 0 Å². The predicted octanol–water partition coefficient (Wildman–Crippen LogP) is 3.53. The molecule has 1 unspecified atom stereocenters. The first-order valence-electron chi connectivity index (χ1n) is 6.77. The van der Waals surface area contributed by atoms with Gasteiger partial charge in [-0.05, 0) is 24.9 Å². The van der Waals surface area contributed by atoms with Crippen LogP contribution >= 0.6 is 0 Å². The van der Waals surface area contributed by atoms with Gasteiger partial charge in [-0.25, -0.2) is 4.98 Å². The molecule has 1 aromatic heterocycles. The molecule has 1 aromatic carbocycles. The molecule has 0 amide bonds. The van der Waals surface area contributed by atoms with Gasteiger partial charge in [-0.2, -0.15) is 0 Å². The molecule has 1 atom stereocenters. The summed E-state index contributed by atoms with van der Waals surface area (Å²) in [7, 11) is 0. The Morgan fingerprint density at radius 1 is 1.17 bits per heavy atom. The first-order chi connectivity index (χ1) is 8.93. The highest BCUT2D eigenvalue weighted by Crippen LogP contribution is 2.23. The van der Waals surface area contributed by atoms with Gasteiger partial charge in [0.1, 0.15) is 5.82 Å². The van der Waals surface area contributed by atoms with Crippen LogP contribution in [0.15, 0.2) is 36.5 Å². The van der Waals surface area contributed by atoms with Gasteiger partial charge in [-0.15, -0.1) is 0 Å². The van der Waals surface area contributed by atoms with E-state index in [4.69, 9.17) is 0 Å². The van der Waals surface area contributed by atoms with Crippen LogP contribution in [0.5, 0.6) is 0 Å². The SMILES string of the molecule is CC.c1ccc(-c2cnc(C3CCCN3)[nH]2)cc1. The molecule has 0 radical (unpaired) electrons. The largest absolute Gasteiger partial charge is 0.341 e. The summed E-state index contributed by atoms with van der Waals surface area (Å²) in [5.41, 5.74) is 2.29. The van der Waals surface area contributed by atoms with Gasteiger partial charge in [0.15, 0.2) is 0 Å². The molecule has 1 saturated heterocycles. The highest BCUT2D eigenvalue weighted by Gasteiger charge is 2.18. The van der Waals surface area contributed by atoms with E-state index in [2.05, 4.69) is 27.4 Å². The smallest absolute Gasteiger partial charge is 0.123 e. The van der Waals surface area contributed by atoms with Crippen molar-refractivity contribution in [1.82, 2.24) is 15.3 Å². The molecule has 2 aromatic rings. The average Bonchev–Trinajstić information content (AvgIpc) is 3.13. The van der Waals surface area contributed by atoms with Gasteiger partial charge in [0.2, 0.25) is 0 Å². The maximum atomic E-state index is 4.46. The summed E-state index contributed by atoms with van der Waals surface area (Å²) >= 11 is 0. The van der Waals surface area contributed by atoms with E-state index in [1.807, 2.05) is 38.2 Å². The summed E-state index contributed by atoms with van der Waals surface area (Å²) in [4.78, 5) is 7.85. The molecule has 1 aliphatic heterocycles. The lowest BCUT2D eigenvalue weighted by molar-refractivity contribution is 0.613. The van der Waals surface area contributed by atoms with Crippen molar-refractivity contribution < 1.29 is 0 Å². The number of hydrogen-bond acceptors (Lipinski definition) is 2. The van der Waals surface area contributed by atoms with E-state index in [-0.39, 0.29) is 0 Å². The van der Waals surface area contributed by atoms with Crippen LogP contribution in [0.1, 0.15) is 38.6 Å². The molecule has 96 valence electrons. The molecule has 1 aliphatic rings. The predicted molar refractivity (Wildman–Crippen MR) is 75.3 cm³/mol. The van der Waals surface area contributed by atoms with E-state index in [0.717, 1.165) is 18.1 Å². The van der Waals surface area contributed by atoms with Crippen molar-refractivity contribution in [3.63, 3.8) is 0 Å².